The van der Waals surface area contributed by atoms with Crippen LogP contribution in [-0.2, 0) is 196 Å². The number of nitrogens with one attached hydrogen (secondary N) is 3. The molecule has 70 heteroatoms. The van der Waals surface area contributed by atoms with Gasteiger partial charge in [-0.15, -0.1) is 0 Å². The normalized spacial score (nSPS) is 37.6. The van der Waals surface area contributed by atoms with Crippen molar-refractivity contribution in [3.8, 4) is 0 Å². The van der Waals surface area contributed by atoms with Gasteiger partial charge < -0.3 is 108 Å². The van der Waals surface area contributed by atoms with E-state index in [9.17, 15) is 178 Å². The average molecular weight is 1840 g/mol. The van der Waals surface area contributed by atoms with Gasteiger partial charge >= 0.3 is 111 Å². The van der Waals surface area contributed by atoms with Crippen molar-refractivity contribution >= 4 is 111 Å². The maximum absolute atomic E-state index is 13.3. The van der Waals surface area contributed by atoms with Crippen LogP contribution in [0.2, 0.25) is 0 Å². The van der Waals surface area contributed by atoms with Gasteiger partial charge in [-0.25, -0.2) is 39.5 Å². The number of carboxylic acids is 3. The maximum Gasteiger partial charge on any atom is 0.397 e. The first-order chi connectivity index (χ1) is 51.5. The van der Waals surface area contributed by atoms with Crippen LogP contribution in [0, 0.1) is 0 Å². The minimum atomic E-state index is -6.35. The molecule has 0 unspecified atom stereocenters. The molecule has 61 nitrogen and oxygen atoms in total. The Kier molecular flexibility index (Phi) is 31.5. The van der Waals surface area contributed by atoms with Crippen molar-refractivity contribution in [3.05, 3.63) is 35.9 Å². The molecule has 0 saturated carbocycles. The lowest BCUT2D eigenvalue weighted by atomic mass is 9.94. The van der Waals surface area contributed by atoms with Gasteiger partial charge in [0, 0.05) is 0 Å². The summed E-state index contributed by atoms with van der Waals surface area (Å²) in [4.78, 5) is 39.1. The van der Waals surface area contributed by atoms with E-state index in [4.69, 9.17) is 61.4 Å². The number of ether oxygens (including phenoxy) is 12. The number of aliphatic hydroxyl groups is 7. The van der Waals surface area contributed by atoms with Crippen LogP contribution in [0.15, 0.2) is 30.3 Å². The number of carboxylic acid groups (broad SMARTS) is 3. The van der Waals surface area contributed by atoms with Gasteiger partial charge in [0.15, 0.2) is 74.4 Å². The van der Waals surface area contributed by atoms with E-state index in [1.165, 1.54) is 39.8 Å². The van der Waals surface area contributed by atoms with E-state index in [0.717, 1.165) is 4.72 Å². The van der Waals surface area contributed by atoms with E-state index in [1.807, 2.05) is 0 Å². The molecule has 0 radical (unpaired) electrons. The summed E-state index contributed by atoms with van der Waals surface area (Å²) in [5.41, 5.74) is 0.124. The number of aliphatic carboxylic acids is 3. The quantitative estimate of drug-likeness (QED) is 0.0275. The minimum Gasteiger partial charge on any atom is -0.479 e. The van der Waals surface area contributed by atoms with E-state index in [0.29, 0.717) is 0 Å². The number of benzene rings is 1. The number of hydrogen-bond donors (Lipinski definition) is 22. The van der Waals surface area contributed by atoms with Crippen LogP contribution >= 0.6 is 0 Å². The van der Waals surface area contributed by atoms with Gasteiger partial charge in [-0.05, 0) is 5.56 Å². The average Bonchev–Trinajstić information content (AvgIpc) is 0.761. The zero-order valence-corrected chi connectivity index (χ0v) is 62.0. The summed E-state index contributed by atoms with van der Waals surface area (Å²) in [5.74, 6) is -7.34. The second-order valence-electron chi connectivity index (χ2n) is 23.6. The van der Waals surface area contributed by atoms with Crippen LogP contribution in [0.25, 0.3) is 0 Å². The topological polar surface area (TPSA) is 945 Å². The van der Waals surface area contributed by atoms with E-state index in [-0.39, 0.29) is 5.56 Å². The standard InChI is InChI=1S/C43H65N3O58S9/c47-17-11(7-88-108(69,70)71)91-39(14(18(17)48)44-105(60,61)62)97-25-21(51)27(102-111(78,79)80)42(100-31(25)35(53)54)95-23-12(8-89-109(72,73)74)92-40(15(19(23)49)45-106(63,64)65)98-26-22(52)28(103-112(81,82)83)43(101-32(26)36(55)56)96-24-13(9-90-110(75,76)77)93-41(16(20(24)50)46-107(66,67)68)99-30-29(87-6-10-4-2-1-3-5-10)34(104-113(84,85)86)38(59)94-33(30)37(57)58/h1-5,11-34,38-52,59H,6-9H2,(H,53,54)(H,55,56)(H,57,58)(H,60,61,62)(H,63,64,65)(H,66,67,68)(H,69,70,71)(H,72,73,74)(H,75,76,77)(H,78,79,80)(H,81,82,83)(H,84,85,86)/t11-,12-,13-,14-,15-,16-,17-,18-,19-,20-,21+,22+,23-,24-,25+,26+,27-,28-,29+,30+,31-,32-,33-,34-,38-,39-,40-,41-,42-,43-/m1/s1. The highest BCUT2D eigenvalue weighted by Crippen LogP contribution is 2.40. The first kappa shape index (κ1) is 95.8. The van der Waals surface area contributed by atoms with Crippen molar-refractivity contribution in [3.63, 3.8) is 0 Å². The van der Waals surface area contributed by atoms with Crippen molar-refractivity contribution in [2.75, 3.05) is 19.8 Å². The molecule has 6 aliphatic heterocycles. The van der Waals surface area contributed by atoms with Crippen molar-refractivity contribution < 1.29 is 264 Å². The molecule has 0 spiro atoms. The lowest BCUT2D eigenvalue weighted by Crippen LogP contribution is -2.71. The summed E-state index contributed by atoms with van der Waals surface area (Å²) in [7, 11) is -53.6. The second kappa shape index (κ2) is 37.1. The zero-order valence-electron chi connectivity index (χ0n) is 54.6. The molecule has 30 atom stereocenters. The summed E-state index contributed by atoms with van der Waals surface area (Å²) < 4.78 is 402. The van der Waals surface area contributed by atoms with E-state index >= 15 is 0 Å². The molecule has 6 fully saturated rings. The Hall–Kier alpha value is -4.30. The van der Waals surface area contributed by atoms with Crippen molar-refractivity contribution in [2.24, 2.45) is 0 Å². The molecule has 0 aliphatic carbocycles. The monoisotopic (exact) mass is 1840 g/mol. The third-order valence-electron chi connectivity index (χ3n) is 15.8. The summed E-state index contributed by atoms with van der Waals surface area (Å²) in [6.07, 6.45) is -81.4. The highest BCUT2D eigenvalue weighted by Gasteiger charge is 2.63. The SMILES string of the molecule is O=C(O)[C@@H]1O[C@@H](O[C@H]2[C@H](O)[C@@H](NS(=O)(=O)O)[C@@H](O[C@H]3[C@H](OCc4ccccc4)[C@@H](OS(=O)(=O)O)[C@H](O)O[C@H]3C(=O)O)O[C@@H]2COS(=O)(=O)O)[C@H](OS(=O)(=O)O)[C@@H](O)[C@@H]1O[C@H]1O[C@H](COS(=O)(=O)O)[C@@H](O[C@@H]2O[C@@H](C(=O)O)[C@@H](O[C@H]3O[C@H](COS(=O)(=O)O)[C@@H](O)[C@H](O)[C@H]3NS(=O)(=O)O)[C@H](O)[C@H]2OS(=O)(=O)O)[C@H](O)[C@H]1NS(=O)(=O)O. The van der Waals surface area contributed by atoms with Crippen molar-refractivity contribution in [2.45, 2.75) is 191 Å². The van der Waals surface area contributed by atoms with E-state index in [2.05, 4.69) is 25.1 Å². The molecule has 6 heterocycles. The molecule has 0 amide bonds. The first-order valence-corrected chi connectivity index (χ1v) is 42.4. The Morgan fingerprint density at radius 3 is 0.973 bits per heavy atom. The van der Waals surface area contributed by atoms with Crippen LogP contribution in [-0.4, -0.2) is 390 Å². The number of aliphatic hydroxyl groups excluding tert-OH is 7. The molecule has 1 aromatic carbocycles. The van der Waals surface area contributed by atoms with Gasteiger partial charge in [-0.1, -0.05) is 30.3 Å². The van der Waals surface area contributed by atoms with Crippen LogP contribution in [0.3, 0.4) is 0 Å². The summed E-state index contributed by atoms with van der Waals surface area (Å²) in [6, 6.07) is -1.99. The molecule has 654 valence electrons. The van der Waals surface area contributed by atoms with Crippen molar-refractivity contribution in [1.29, 1.82) is 0 Å². The minimum absolute atomic E-state index is 0.124. The number of rotatable bonds is 37. The molecule has 1 aromatic rings. The van der Waals surface area contributed by atoms with Crippen LogP contribution < -0.4 is 14.2 Å². The molecule has 0 aromatic heterocycles. The lowest BCUT2D eigenvalue weighted by molar-refractivity contribution is -0.375. The Balaban J connectivity index is 1.27. The zero-order chi connectivity index (χ0) is 85.3. The Morgan fingerprint density at radius 1 is 0.327 bits per heavy atom. The predicted molar refractivity (Wildman–Crippen MR) is 330 cm³/mol. The Morgan fingerprint density at radius 2 is 0.637 bits per heavy atom. The number of hydrogen-bond acceptors (Lipinski definition) is 46. The fourth-order valence-corrected chi connectivity index (χ4v) is 15.6. The van der Waals surface area contributed by atoms with Gasteiger partial charge in [0.2, 0.25) is 0 Å². The van der Waals surface area contributed by atoms with E-state index < -0.39 is 322 Å². The summed E-state index contributed by atoms with van der Waals surface area (Å²) >= 11 is 0. The highest BCUT2D eigenvalue weighted by atomic mass is 32.3. The second-order valence-corrected chi connectivity index (χ2v) is 33.6. The summed E-state index contributed by atoms with van der Waals surface area (Å²) in [6.45, 7) is -6.30. The molecular weight excluding hydrogens is 1780 g/mol. The molecule has 6 saturated heterocycles. The third kappa shape index (κ3) is 27.6. The van der Waals surface area contributed by atoms with Crippen LogP contribution in [0.1, 0.15) is 5.56 Å². The fraction of sp³-hybridized carbons (Fsp3) is 0.791. The Bertz CT molecular complexity index is 4570. The highest BCUT2D eigenvalue weighted by molar-refractivity contribution is 7.84. The van der Waals surface area contributed by atoms with E-state index in [1.54, 1.807) is 0 Å². The molecule has 7 rings (SSSR count). The fourth-order valence-electron chi connectivity index (χ4n) is 11.4. The lowest BCUT2D eigenvalue weighted by Gasteiger charge is -2.50. The van der Waals surface area contributed by atoms with Crippen LogP contribution in [0.5, 0.6) is 0 Å². The molecule has 6 aliphatic rings. The molecule has 22 N–H and O–H groups in total. The van der Waals surface area contributed by atoms with Gasteiger partial charge in [-0.3, -0.25) is 41.0 Å². The number of carbonyl (C=O) groups is 3. The van der Waals surface area contributed by atoms with Gasteiger partial charge in [0.1, 0.15) is 110 Å². The smallest absolute Gasteiger partial charge is 0.397 e. The Labute approximate surface area is 632 Å². The summed E-state index contributed by atoms with van der Waals surface area (Å²) in [5, 5.41) is 112. The van der Waals surface area contributed by atoms with Gasteiger partial charge in [0.25, 0.3) is 0 Å². The largest absolute Gasteiger partial charge is 0.479 e. The first-order valence-electron chi connectivity index (χ1n) is 29.9. The molecule has 0 bridgehead atoms. The maximum atomic E-state index is 13.3. The van der Waals surface area contributed by atoms with Crippen LogP contribution in [0.4, 0.5) is 0 Å². The van der Waals surface area contributed by atoms with Crippen molar-refractivity contribution in [1.82, 2.24) is 14.2 Å². The molecule has 113 heavy (non-hydrogen) atoms. The predicted octanol–water partition coefficient (Wildman–Crippen LogP) is -14.4. The van der Waals surface area contributed by atoms with Gasteiger partial charge in [-0.2, -0.15) is 89.9 Å². The third-order valence-corrected chi connectivity index (χ3v) is 20.2. The molecular formula is C43H65N3O58S9. The van der Waals surface area contributed by atoms with Gasteiger partial charge in [0.05, 0.1) is 26.4 Å².